The molecule has 7 heteroatoms. The lowest BCUT2D eigenvalue weighted by Gasteiger charge is -2.34. The van der Waals surface area contributed by atoms with E-state index in [1.54, 1.807) is 29.2 Å². The average molecular weight is 336 g/mol. The number of thiophene rings is 1. The van der Waals surface area contributed by atoms with Crippen LogP contribution in [0, 0.1) is 0 Å². The van der Waals surface area contributed by atoms with Gasteiger partial charge in [0.1, 0.15) is 6.04 Å². The lowest BCUT2D eigenvalue weighted by atomic mass is 10.1. The van der Waals surface area contributed by atoms with Crippen LogP contribution in [0.4, 0.5) is 10.5 Å². The first-order valence-electron chi connectivity index (χ1n) is 6.79. The molecule has 0 saturated carbocycles. The van der Waals surface area contributed by atoms with Crippen molar-refractivity contribution in [2.45, 2.75) is 6.04 Å². The number of nitrogens with one attached hydrogen (secondary N) is 2. The van der Waals surface area contributed by atoms with Crippen molar-refractivity contribution in [1.82, 2.24) is 10.2 Å². The quantitative estimate of drug-likeness (QED) is 0.885. The molecule has 22 heavy (non-hydrogen) atoms. The molecule has 1 atom stereocenters. The lowest BCUT2D eigenvalue weighted by molar-refractivity contribution is -0.127. The Morgan fingerprint density at radius 3 is 2.95 bits per heavy atom. The van der Waals surface area contributed by atoms with Crippen LogP contribution in [0.2, 0.25) is 5.02 Å². The van der Waals surface area contributed by atoms with Gasteiger partial charge in [-0.15, -0.1) is 11.3 Å². The Hall–Kier alpha value is -2.05. The smallest absolute Gasteiger partial charge is 0.322 e. The molecule has 114 valence electrons. The first-order chi connectivity index (χ1) is 10.6. The van der Waals surface area contributed by atoms with Gasteiger partial charge in [-0.2, -0.15) is 0 Å². The predicted octanol–water partition coefficient (Wildman–Crippen LogP) is 3.11. The fourth-order valence-electron chi connectivity index (χ4n) is 2.38. The van der Waals surface area contributed by atoms with Crippen LogP contribution in [-0.4, -0.2) is 29.9 Å². The molecular weight excluding hydrogens is 322 g/mol. The number of carbonyl (C=O) groups excluding carboxylic acids is 2. The van der Waals surface area contributed by atoms with E-state index in [-0.39, 0.29) is 11.9 Å². The molecule has 5 nitrogen and oxygen atoms in total. The van der Waals surface area contributed by atoms with Gasteiger partial charge in [-0.05, 0) is 29.6 Å². The number of halogens is 1. The van der Waals surface area contributed by atoms with Crippen LogP contribution in [0.25, 0.3) is 0 Å². The van der Waals surface area contributed by atoms with E-state index >= 15 is 0 Å². The number of urea groups is 1. The highest BCUT2D eigenvalue weighted by Gasteiger charge is 2.35. The van der Waals surface area contributed by atoms with E-state index in [9.17, 15) is 9.59 Å². The molecule has 2 heterocycles. The van der Waals surface area contributed by atoms with E-state index in [0.29, 0.717) is 23.8 Å². The number of rotatable bonds is 2. The van der Waals surface area contributed by atoms with Crippen molar-refractivity contribution in [3.63, 3.8) is 0 Å². The van der Waals surface area contributed by atoms with Crippen LogP contribution in [0.1, 0.15) is 10.9 Å². The number of hydrogen-bond acceptors (Lipinski definition) is 3. The molecule has 1 fully saturated rings. The van der Waals surface area contributed by atoms with Gasteiger partial charge in [0.2, 0.25) is 5.91 Å². The molecule has 2 N–H and O–H groups in total. The molecule has 3 amide bonds. The Morgan fingerprint density at radius 1 is 1.36 bits per heavy atom. The zero-order valence-electron chi connectivity index (χ0n) is 11.6. The Morgan fingerprint density at radius 2 is 2.23 bits per heavy atom. The summed E-state index contributed by atoms with van der Waals surface area (Å²) in [5, 5.41) is 8.03. The Labute approximate surface area is 136 Å². The second kappa shape index (κ2) is 6.37. The lowest BCUT2D eigenvalue weighted by Crippen LogP contribution is -2.53. The predicted molar refractivity (Wildman–Crippen MR) is 87.2 cm³/mol. The summed E-state index contributed by atoms with van der Waals surface area (Å²) in [4.78, 5) is 27.1. The first-order valence-corrected chi connectivity index (χ1v) is 8.05. The number of nitrogens with zero attached hydrogens (tertiary/aromatic N) is 1. The SMILES string of the molecule is O=C1NCCN(C(=O)Nc2cccc(Cl)c2)C1c1cccs1. The minimum absolute atomic E-state index is 0.157. The molecule has 2 aromatic rings. The van der Waals surface area contributed by atoms with Crippen molar-refractivity contribution in [2.75, 3.05) is 18.4 Å². The number of piperazine rings is 1. The summed E-state index contributed by atoms with van der Waals surface area (Å²) < 4.78 is 0. The van der Waals surface area contributed by atoms with Crippen molar-refractivity contribution in [3.8, 4) is 0 Å². The number of hydrogen-bond donors (Lipinski definition) is 2. The van der Waals surface area contributed by atoms with E-state index in [2.05, 4.69) is 10.6 Å². The Balaban J connectivity index is 1.81. The Kier molecular flexibility index (Phi) is 4.31. The maximum atomic E-state index is 12.5. The molecule has 0 radical (unpaired) electrons. The molecule has 3 rings (SSSR count). The van der Waals surface area contributed by atoms with Gasteiger partial charge < -0.3 is 15.5 Å². The van der Waals surface area contributed by atoms with E-state index < -0.39 is 6.04 Å². The fourth-order valence-corrected chi connectivity index (χ4v) is 3.40. The number of carbonyl (C=O) groups is 2. The van der Waals surface area contributed by atoms with Gasteiger partial charge in [-0.25, -0.2) is 4.79 Å². The summed E-state index contributed by atoms with van der Waals surface area (Å²) in [6, 6.07) is 9.76. The highest BCUT2D eigenvalue weighted by molar-refractivity contribution is 7.10. The van der Waals surface area contributed by atoms with Crippen LogP contribution >= 0.6 is 22.9 Å². The van der Waals surface area contributed by atoms with Gasteiger partial charge in [0, 0.05) is 28.7 Å². The Bertz CT molecular complexity index is 690. The fraction of sp³-hybridized carbons (Fsp3) is 0.200. The third kappa shape index (κ3) is 3.08. The third-order valence-electron chi connectivity index (χ3n) is 3.36. The standard InChI is InChI=1S/C15H14ClN3O2S/c16-10-3-1-4-11(9-10)18-15(21)19-7-6-17-14(20)13(19)12-5-2-8-22-12/h1-5,8-9,13H,6-7H2,(H,17,20)(H,18,21). The summed E-state index contributed by atoms with van der Waals surface area (Å²) in [5.41, 5.74) is 0.605. The van der Waals surface area contributed by atoms with Crippen molar-refractivity contribution >= 4 is 40.6 Å². The number of benzene rings is 1. The largest absolute Gasteiger partial charge is 0.352 e. The van der Waals surface area contributed by atoms with Crippen molar-refractivity contribution < 1.29 is 9.59 Å². The van der Waals surface area contributed by atoms with E-state index in [4.69, 9.17) is 11.6 Å². The van der Waals surface area contributed by atoms with Crippen molar-refractivity contribution in [3.05, 3.63) is 51.7 Å². The van der Waals surface area contributed by atoms with Crippen molar-refractivity contribution in [2.24, 2.45) is 0 Å². The van der Waals surface area contributed by atoms with Gasteiger partial charge in [0.15, 0.2) is 0 Å². The van der Waals surface area contributed by atoms with E-state index in [1.165, 1.54) is 11.3 Å². The minimum Gasteiger partial charge on any atom is -0.352 e. The average Bonchev–Trinajstić information content (AvgIpc) is 3.00. The van der Waals surface area contributed by atoms with Crippen LogP contribution in [0.3, 0.4) is 0 Å². The maximum absolute atomic E-state index is 12.5. The maximum Gasteiger partial charge on any atom is 0.322 e. The van der Waals surface area contributed by atoms with Gasteiger partial charge in [-0.1, -0.05) is 23.7 Å². The third-order valence-corrected chi connectivity index (χ3v) is 4.52. The molecule has 1 aromatic heterocycles. The van der Waals surface area contributed by atoms with Crippen LogP contribution in [0.15, 0.2) is 41.8 Å². The van der Waals surface area contributed by atoms with Crippen molar-refractivity contribution in [1.29, 1.82) is 0 Å². The molecular formula is C15H14ClN3O2S. The molecule has 0 aliphatic carbocycles. The van der Waals surface area contributed by atoms with Gasteiger partial charge >= 0.3 is 6.03 Å². The monoisotopic (exact) mass is 335 g/mol. The number of amides is 3. The zero-order valence-corrected chi connectivity index (χ0v) is 13.2. The highest BCUT2D eigenvalue weighted by atomic mass is 35.5. The second-order valence-corrected chi connectivity index (χ2v) is 6.26. The zero-order chi connectivity index (χ0) is 15.5. The normalized spacial score (nSPS) is 18.0. The van der Waals surface area contributed by atoms with Crippen LogP contribution in [-0.2, 0) is 4.79 Å². The summed E-state index contributed by atoms with van der Waals surface area (Å²) in [6.45, 7) is 0.907. The minimum atomic E-state index is -0.590. The second-order valence-electron chi connectivity index (χ2n) is 4.84. The first kappa shape index (κ1) is 14.9. The molecule has 1 unspecified atom stereocenters. The van der Waals surface area contributed by atoms with Gasteiger partial charge in [0.05, 0.1) is 0 Å². The molecule has 1 aromatic carbocycles. The summed E-state index contributed by atoms with van der Waals surface area (Å²) >= 11 is 7.38. The molecule has 1 aliphatic rings. The van der Waals surface area contributed by atoms with E-state index in [0.717, 1.165) is 4.88 Å². The van der Waals surface area contributed by atoms with Crippen LogP contribution in [0.5, 0.6) is 0 Å². The topological polar surface area (TPSA) is 61.4 Å². The highest BCUT2D eigenvalue weighted by Crippen LogP contribution is 2.28. The molecule has 0 bridgehead atoms. The number of anilines is 1. The molecule has 1 aliphatic heterocycles. The van der Waals surface area contributed by atoms with E-state index in [1.807, 2.05) is 17.5 Å². The summed E-state index contributed by atoms with van der Waals surface area (Å²) in [5.74, 6) is -0.157. The van der Waals surface area contributed by atoms with Crippen LogP contribution < -0.4 is 10.6 Å². The molecule has 1 saturated heterocycles. The molecule has 0 spiro atoms. The summed E-state index contributed by atoms with van der Waals surface area (Å²) in [6.07, 6.45) is 0. The van der Waals surface area contributed by atoms with Gasteiger partial charge in [0.25, 0.3) is 0 Å². The van der Waals surface area contributed by atoms with Gasteiger partial charge in [-0.3, -0.25) is 4.79 Å². The summed E-state index contributed by atoms with van der Waals surface area (Å²) in [7, 11) is 0.